The van der Waals surface area contributed by atoms with E-state index < -0.39 is 0 Å². The molecule has 6 aromatic rings. The molecule has 0 saturated heterocycles. The van der Waals surface area contributed by atoms with Gasteiger partial charge in [0.2, 0.25) is 5.95 Å². The van der Waals surface area contributed by atoms with Gasteiger partial charge >= 0.3 is 0 Å². The Bertz CT molecular complexity index is 1670. The van der Waals surface area contributed by atoms with Crippen LogP contribution >= 0.6 is 11.6 Å². The molecule has 0 aliphatic carbocycles. The second-order valence-corrected chi connectivity index (χ2v) is 8.24. The molecular formula is C23H17ClFN9. The normalized spacial score (nSPS) is 11.5. The highest BCUT2D eigenvalue weighted by Gasteiger charge is 2.14. The van der Waals surface area contributed by atoms with Crippen LogP contribution in [-0.4, -0.2) is 39.3 Å². The van der Waals surface area contributed by atoms with E-state index in [9.17, 15) is 0 Å². The topological polar surface area (TPSA) is 102 Å². The molecule has 0 radical (unpaired) electrons. The highest BCUT2D eigenvalue weighted by Crippen LogP contribution is 2.29. The van der Waals surface area contributed by atoms with Gasteiger partial charge in [-0.3, -0.25) is 9.08 Å². The summed E-state index contributed by atoms with van der Waals surface area (Å²) in [5.41, 5.74) is 4.81. The fourth-order valence-corrected chi connectivity index (χ4v) is 4.01. The van der Waals surface area contributed by atoms with E-state index >= 15 is 4.39 Å². The molecule has 5 heterocycles. The molecule has 168 valence electrons. The summed E-state index contributed by atoms with van der Waals surface area (Å²) in [5, 5.41) is 16.0. The highest BCUT2D eigenvalue weighted by molar-refractivity contribution is 6.30. The van der Waals surface area contributed by atoms with Crippen molar-refractivity contribution in [3.05, 3.63) is 77.6 Å². The number of aryl methyl sites for hydroxylation is 1. The monoisotopic (exact) mass is 473 g/mol. The van der Waals surface area contributed by atoms with Gasteiger partial charge in [-0.15, -0.1) is 10.2 Å². The SMILES string of the molecule is Cn1cc(-c2nc3nccc(-c4ccc(CNc5nnc6ccc(Cl)cn56)c(F)c4)c3[nH]2)cn1. The van der Waals surface area contributed by atoms with Gasteiger partial charge < -0.3 is 10.3 Å². The molecule has 34 heavy (non-hydrogen) atoms. The molecule has 0 amide bonds. The molecule has 1 aromatic carbocycles. The molecule has 2 N–H and O–H groups in total. The fourth-order valence-electron chi connectivity index (χ4n) is 3.85. The van der Waals surface area contributed by atoms with Crippen LogP contribution in [0.15, 0.2) is 61.2 Å². The van der Waals surface area contributed by atoms with E-state index in [4.69, 9.17) is 11.6 Å². The zero-order valence-corrected chi connectivity index (χ0v) is 18.6. The first-order valence-electron chi connectivity index (χ1n) is 10.4. The first kappa shape index (κ1) is 20.3. The average molecular weight is 474 g/mol. The number of aromatic nitrogens is 8. The number of hydrogen-bond donors (Lipinski definition) is 2. The van der Waals surface area contributed by atoms with Gasteiger partial charge in [0, 0.05) is 43.3 Å². The predicted octanol–water partition coefficient (Wildman–Crippen LogP) is 4.47. The molecule has 0 aliphatic rings. The minimum absolute atomic E-state index is 0.236. The lowest BCUT2D eigenvalue weighted by Crippen LogP contribution is -2.05. The summed E-state index contributed by atoms with van der Waals surface area (Å²) < 4.78 is 18.5. The van der Waals surface area contributed by atoms with E-state index in [-0.39, 0.29) is 12.4 Å². The smallest absolute Gasteiger partial charge is 0.229 e. The number of rotatable bonds is 5. The van der Waals surface area contributed by atoms with Gasteiger partial charge in [-0.2, -0.15) is 5.10 Å². The first-order valence-corrected chi connectivity index (χ1v) is 10.8. The summed E-state index contributed by atoms with van der Waals surface area (Å²) in [4.78, 5) is 12.2. The van der Waals surface area contributed by atoms with Crippen molar-refractivity contribution in [3.63, 3.8) is 0 Å². The van der Waals surface area contributed by atoms with Gasteiger partial charge in [-0.25, -0.2) is 14.4 Å². The molecule has 0 aliphatic heterocycles. The van der Waals surface area contributed by atoms with Crippen LogP contribution < -0.4 is 5.32 Å². The van der Waals surface area contributed by atoms with Crippen molar-refractivity contribution in [3.8, 4) is 22.5 Å². The van der Waals surface area contributed by atoms with Crippen LogP contribution in [0.2, 0.25) is 5.02 Å². The zero-order chi connectivity index (χ0) is 23.2. The van der Waals surface area contributed by atoms with Gasteiger partial charge in [0.05, 0.1) is 22.3 Å². The van der Waals surface area contributed by atoms with Crippen LogP contribution in [-0.2, 0) is 13.6 Å². The fraction of sp³-hybridized carbons (Fsp3) is 0.0870. The van der Waals surface area contributed by atoms with Crippen molar-refractivity contribution in [2.45, 2.75) is 6.54 Å². The van der Waals surface area contributed by atoms with Crippen molar-refractivity contribution in [2.24, 2.45) is 7.05 Å². The number of aromatic amines is 1. The molecule has 0 bridgehead atoms. The van der Waals surface area contributed by atoms with Crippen molar-refractivity contribution in [1.29, 1.82) is 0 Å². The molecular weight excluding hydrogens is 457 g/mol. The number of fused-ring (bicyclic) bond motifs is 2. The van der Waals surface area contributed by atoms with Crippen LogP contribution in [0.4, 0.5) is 10.3 Å². The minimum atomic E-state index is -0.339. The molecule has 9 nitrogen and oxygen atoms in total. The standard InChI is InChI=1S/C23H17ClFN9/c1-33-11-15(10-28-33)21-29-20-17(6-7-26-22(20)30-21)13-2-3-14(18(25)8-13)9-27-23-32-31-19-5-4-16(24)12-34(19)23/h2-8,10-12H,9H2,1H3,(H,27,32)(H,26,29,30). The molecule has 0 atom stereocenters. The van der Waals surface area contributed by atoms with Crippen LogP contribution in [0.1, 0.15) is 5.56 Å². The van der Waals surface area contributed by atoms with Gasteiger partial charge in [-0.1, -0.05) is 23.7 Å². The Labute approximate surface area is 197 Å². The van der Waals surface area contributed by atoms with Crippen LogP contribution in [0, 0.1) is 5.82 Å². The van der Waals surface area contributed by atoms with E-state index in [2.05, 4.69) is 35.6 Å². The Morgan fingerprint density at radius 3 is 2.82 bits per heavy atom. The highest BCUT2D eigenvalue weighted by atomic mass is 35.5. The van der Waals surface area contributed by atoms with Crippen molar-refractivity contribution in [2.75, 3.05) is 5.32 Å². The molecule has 0 unspecified atom stereocenters. The van der Waals surface area contributed by atoms with Crippen LogP contribution in [0.5, 0.6) is 0 Å². The number of hydrogen-bond acceptors (Lipinski definition) is 6. The van der Waals surface area contributed by atoms with E-state index in [1.54, 1.807) is 45.9 Å². The number of nitrogens with one attached hydrogen (secondary N) is 2. The second kappa shape index (κ2) is 7.92. The Hall–Kier alpha value is -4.31. The minimum Gasteiger partial charge on any atom is -0.350 e. The van der Waals surface area contributed by atoms with Crippen LogP contribution in [0.3, 0.4) is 0 Å². The maximum atomic E-state index is 15.1. The summed E-state index contributed by atoms with van der Waals surface area (Å²) in [6.45, 7) is 0.236. The third kappa shape index (κ3) is 3.54. The number of H-pyrrole nitrogens is 1. The largest absolute Gasteiger partial charge is 0.350 e. The number of nitrogens with zero attached hydrogens (tertiary/aromatic N) is 7. The van der Waals surface area contributed by atoms with Crippen molar-refractivity contribution in [1.82, 2.24) is 39.3 Å². The van der Waals surface area contributed by atoms with Gasteiger partial charge in [0.1, 0.15) is 11.6 Å². The molecule has 5 aromatic heterocycles. The van der Waals surface area contributed by atoms with E-state index in [0.29, 0.717) is 33.7 Å². The predicted molar refractivity (Wildman–Crippen MR) is 127 cm³/mol. The number of benzene rings is 1. The van der Waals surface area contributed by atoms with Gasteiger partial charge in [0.25, 0.3) is 0 Å². The quantitative estimate of drug-likeness (QED) is 0.383. The third-order valence-electron chi connectivity index (χ3n) is 5.54. The Morgan fingerprint density at radius 2 is 2.00 bits per heavy atom. The Balaban J connectivity index is 1.29. The van der Waals surface area contributed by atoms with E-state index in [1.807, 2.05) is 25.4 Å². The van der Waals surface area contributed by atoms with E-state index in [0.717, 1.165) is 22.2 Å². The molecule has 11 heteroatoms. The van der Waals surface area contributed by atoms with Crippen molar-refractivity contribution < 1.29 is 4.39 Å². The third-order valence-corrected chi connectivity index (χ3v) is 5.76. The Morgan fingerprint density at radius 1 is 1.09 bits per heavy atom. The first-order chi connectivity index (χ1) is 16.5. The summed E-state index contributed by atoms with van der Waals surface area (Å²) in [6.07, 6.45) is 6.97. The lowest BCUT2D eigenvalue weighted by molar-refractivity contribution is 0.613. The van der Waals surface area contributed by atoms with E-state index in [1.165, 1.54) is 6.07 Å². The summed E-state index contributed by atoms with van der Waals surface area (Å²) in [5.74, 6) is 0.802. The van der Waals surface area contributed by atoms with Crippen molar-refractivity contribution >= 4 is 34.4 Å². The summed E-state index contributed by atoms with van der Waals surface area (Å²) in [7, 11) is 1.84. The maximum absolute atomic E-state index is 15.1. The number of pyridine rings is 2. The number of anilines is 1. The Kier molecular flexibility index (Phi) is 4.73. The summed E-state index contributed by atoms with van der Waals surface area (Å²) >= 11 is 6.06. The summed E-state index contributed by atoms with van der Waals surface area (Å²) in [6, 6.07) is 10.5. The molecule has 6 rings (SSSR count). The maximum Gasteiger partial charge on any atom is 0.229 e. The number of halogens is 2. The van der Waals surface area contributed by atoms with Crippen LogP contribution in [0.25, 0.3) is 39.3 Å². The average Bonchev–Trinajstić information content (AvgIpc) is 3.55. The molecule has 0 saturated carbocycles. The molecule has 0 fully saturated rings. The van der Waals surface area contributed by atoms with Gasteiger partial charge in [0.15, 0.2) is 11.3 Å². The lowest BCUT2D eigenvalue weighted by Gasteiger charge is -2.09. The molecule has 0 spiro atoms. The van der Waals surface area contributed by atoms with Gasteiger partial charge in [-0.05, 0) is 29.8 Å². The zero-order valence-electron chi connectivity index (χ0n) is 17.9. The lowest BCUT2D eigenvalue weighted by atomic mass is 10.0. The number of imidazole rings is 1. The second-order valence-electron chi connectivity index (χ2n) is 7.80.